The van der Waals surface area contributed by atoms with Gasteiger partial charge in [-0.3, -0.25) is 4.79 Å². The van der Waals surface area contributed by atoms with Gasteiger partial charge in [-0.25, -0.2) is 13.1 Å². The summed E-state index contributed by atoms with van der Waals surface area (Å²) in [6, 6.07) is 6.23. The number of benzene rings is 1. The molecule has 1 aromatic rings. The number of carbonyl (C=O) groups excluding carboxylic acids is 1. The molecule has 0 radical (unpaired) electrons. The highest BCUT2D eigenvalue weighted by Crippen LogP contribution is 2.38. The summed E-state index contributed by atoms with van der Waals surface area (Å²) >= 11 is 0. The molecule has 0 bridgehead atoms. The molecule has 1 aromatic carbocycles. The minimum Gasteiger partial charge on any atom is -0.326 e. The Morgan fingerprint density at radius 2 is 1.78 bits per heavy atom. The molecule has 0 aromatic heterocycles. The van der Waals surface area contributed by atoms with E-state index in [1.54, 1.807) is 13.8 Å². The third kappa shape index (κ3) is 4.54. The lowest BCUT2D eigenvalue weighted by molar-refractivity contribution is -0.120. The highest BCUT2D eigenvalue weighted by atomic mass is 32.2. The molecule has 2 unspecified atom stereocenters. The van der Waals surface area contributed by atoms with Crippen LogP contribution < -0.4 is 10.0 Å². The number of nitrogens with one attached hydrogen (secondary N) is 2. The molecule has 0 spiro atoms. The van der Waals surface area contributed by atoms with Crippen LogP contribution in [-0.2, 0) is 21.2 Å². The molecule has 0 aliphatic heterocycles. The molecular formula is C21H32N2O3S. The Kier molecular flexibility index (Phi) is 5.96. The van der Waals surface area contributed by atoms with Gasteiger partial charge in [0.2, 0.25) is 15.9 Å². The predicted molar refractivity (Wildman–Crippen MR) is 109 cm³/mol. The largest absolute Gasteiger partial charge is 0.326 e. The van der Waals surface area contributed by atoms with E-state index in [9.17, 15) is 13.2 Å². The Morgan fingerprint density at radius 1 is 1.11 bits per heavy atom. The fourth-order valence-corrected chi connectivity index (χ4v) is 5.19. The average molecular weight is 393 g/mol. The molecule has 2 atom stereocenters. The number of fused-ring (bicyclic) bond motifs is 1. The van der Waals surface area contributed by atoms with E-state index in [1.807, 2.05) is 6.07 Å². The first kappa shape index (κ1) is 20.3. The van der Waals surface area contributed by atoms with Crippen LogP contribution in [0.2, 0.25) is 0 Å². The second-order valence-corrected chi connectivity index (χ2v) is 10.9. The van der Waals surface area contributed by atoms with Gasteiger partial charge in [0, 0.05) is 17.6 Å². The molecule has 2 aliphatic carbocycles. The van der Waals surface area contributed by atoms with Crippen LogP contribution in [0.3, 0.4) is 0 Å². The second kappa shape index (κ2) is 7.92. The summed E-state index contributed by atoms with van der Waals surface area (Å²) in [7, 11) is -3.25. The van der Waals surface area contributed by atoms with Crippen LogP contribution in [0.4, 0.5) is 5.69 Å². The van der Waals surface area contributed by atoms with E-state index < -0.39 is 15.3 Å². The molecule has 5 nitrogen and oxygen atoms in total. The van der Waals surface area contributed by atoms with E-state index >= 15 is 0 Å². The summed E-state index contributed by atoms with van der Waals surface area (Å²) in [5.41, 5.74) is 3.63. The number of carbonyl (C=O) groups is 1. The van der Waals surface area contributed by atoms with Crippen molar-refractivity contribution in [2.24, 2.45) is 11.8 Å². The predicted octanol–water partition coefficient (Wildman–Crippen LogP) is 3.81. The van der Waals surface area contributed by atoms with E-state index in [2.05, 4.69) is 36.0 Å². The maximum Gasteiger partial charge on any atom is 0.227 e. The third-order valence-corrected chi connectivity index (χ3v) is 8.25. The monoisotopic (exact) mass is 392 g/mol. The van der Waals surface area contributed by atoms with Crippen molar-refractivity contribution >= 4 is 21.6 Å². The van der Waals surface area contributed by atoms with Gasteiger partial charge in [-0.05, 0) is 81.0 Å². The van der Waals surface area contributed by atoms with Gasteiger partial charge in [-0.2, -0.15) is 0 Å². The highest BCUT2D eigenvalue weighted by Gasteiger charge is 2.30. The fourth-order valence-electron chi connectivity index (χ4n) is 4.22. The van der Waals surface area contributed by atoms with Crippen LogP contribution in [0.25, 0.3) is 0 Å². The maximum atomic E-state index is 12.6. The first-order valence-corrected chi connectivity index (χ1v) is 11.7. The normalized spacial score (nSPS) is 28.2. The number of sulfonamides is 1. The Bertz CT molecular complexity index is 796. The van der Waals surface area contributed by atoms with Crippen LogP contribution in [-0.4, -0.2) is 25.6 Å². The van der Waals surface area contributed by atoms with Gasteiger partial charge in [-0.15, -0.1) is 0 Å². The van der Waals surface area contributed by atoms with Crippen molar-refractivity contribution in [1.82, 2.24) is 4.72 Å². The number of anilines is 1. The quantitative estimate of drug-likeness (QED) is 0.800. The van der Waals surface area contributed by atoms with Gasteiger partial charge >= 0.3 is 0 Å². The van der Waals surface area contributed by atoms with Crippen molar-refractivity contribution in [3.63, 3.8) is 0 Å². The van der Waals surface area contributed by atoms with Crippen LogP contribution in [0.15, 0.2) is 18.2 Å². The number of rotatable bonds is 5. The van der Waals surface area contributed by atoms with Crippen LogP contribution in [0.1, 0.15) is 70.4 Å². The molecule has 150 valence electrons. The Labute approximate surface area is 163 Å². The summed E-state index contributed by atoms with van der Waals surface area (Å²) in [5, 5.41) is 2.65. The van der Waals surface area contributed by atoms with Gasteiger partial charge in [0.15, 0.2) is 0 Å². The number of amides is 1. The Hall–Kier alpha value is -1.40. The molecule has 0 saturated heterocycles. The molecule has 3 rings (SSSR count). The van der Waals surface area contributed by atoms with Gasteiger partial charge in [0.05, 0.1) is 5.25 Å². The molecule has 2 aliphatic rings. The SMILES string of the molecule is CC1Cc2cc(NC(=O)C3CCC(NS(=O)(=O)C(C)C)CC3)ccc2C1C. The Balaban J connectivity index is 1.54. The zero-order chi connectivity index (χ0) is 19.8. The lowest BCUT2D eigenvalue weighted by Gasteiger charge is -2.28. The van der Waals surface area contributed by atoms with Gasteiger partial charge < -0.3 is 5.32 Å². The molecule has 2 N–H and O–H groups in total. The zero-order valence-electron chi connectivity index (χ0n) is 16.8. The summed E-state index contributed by atoms with van der Waals surface area (Å²) < 4.78 is 26.8. The molecule has 6 heteroatoms. The lowest BCUT2D eigenvalue weighted by Crippen LogP contribution is -2.42. The molecule has 1 amide bonds. The van der Waals surface area contributed by atoms with E-state index in [1.165, 1.54) is 11.1 Å². The number of hydrogen-bond donors (Lipinski definition) is 2. The van der Waals surface area contributed by atoms with Crippen LogP contribution in [0, 0.1) is 11.8 Å². The summed E-state index contributed by atoms with van der Waals surface area (Å²) in [4.78, 5) is 12.6. The van der Waals surface area contributed by atoms with Gasteiger partial charge in [0.25, 0.3) is 0 Å². The Morgan fingerprint density at radius 3 is 2.41 bits per heavy atom. The smallest absolute Gasteiger partial charge is 0.227 e. The number of hydrogen-bond acceptors (Lipinski definition) is 3. The molecule has 1 saturated carbocycles. The van der Waals surface area contributed by atoms with E-state index in [0.29, 0.717) is 24.7 Å². The van der Waals surface area contributed by atoms with Crippen molar-refractivity contribution in [3.8, 4) is 0 Å². The summed E-state index contributed by atoms with van der Waals surface area (Å²) in [5.74, 6) is 1.24. The molecular weight excluding hydrogens is 360 g/mol. The van der Waals surface area contributed by atoms with Crippen molar-refractivity contribution in [2.75, 3.05) is 5.32 Å². The van der Waals surface area contributed by atoms with Crippen molar-refractivity contribution < 1.29 is 13.2 Å². The highest BCUT2D eigenvalue weighted by molar-refractivity contribution is 7.90. The zero-order valence-corrected chi connectivity index (χ0v) is 17.6. The van der Waals surface area contributed by atoms with Crippen molar-refractivity contribution in [1.29, 1.82) is 0 Å². The molecule has 0 heterocycles. The third-order valence-electron chi connectivity index (χ3n) is 6.35. The lowest BCUT2D eigenvalue weighted by atomic mass is 9.86. The van der Waals surface area contributed by atoms with Crippen LogP contribution >= 0.6 is 0 Å². The van der Waals surface area contributed by atoms with Gasteiger partial charge in [0.1, 0.15) is 0 Å². The standard InChI is InChI=1S/C21H32N2O3S/c1-13(2)27(25,26)23-18-7-5-16(6-8-18)21(24)22-19-9-10-20-15(4)14(3)11-17(20)12-19/h9-10,12-16,18,23H,5-8,11H2,1-4H3,(H,22,24). The minimum atomic E-state index is -3.25. The van der Waals surface area contributed by atoms with Crippen LogP contribution in [0.5, 0.6) is 0 Å². The fraction of sp³-hybridized carbons (Fsp3) is 0.667. The van der Waals surface area contributed by atoms with E-state index in [-0.39, 0.29) is 17.9 Å². The van der Waals surface area contributed by atoms with Crippen molar-refractivity contribution in [2.45, 2.75) is 77.0 Å². The maximum absolute atomic E-state index is 12.6. The average Bonchev–Trinajstić information content (AvgIpc) is 2.89. The summed E-state index contributed by atoms with van der Waals surface area (Å²) in [6.07, 6.45) is 3.93. The first-order valence-electron chi connectivity index (χ1n) is 10.1. The first-order chi connectivity index (χ1) is 12.7. The van der Waals surface area contributed by atoms with Crippen molar-refractivity contribution in [3.05, 3.63) is 29.3 Å². The minimum absolute atomic E-state index is 0.0455. The topological polar surface area (TPSA) is 75.3 Å². The van der Waals surface area contributed by atoms with E-state index in [0.717, 1.165) is 24.9 Å². The summed E-state index contributed by atoms with van der Waals surface area (Å²) in [6.45, 7) is 7.90. The van der Waals surface area contributed by atoms with E-state index in [4.69, 9.17) is 0 Å². The second-order valence-electron chi connectivity index (χ2n) is 8.63. The van der Waals surface area contributed by atoms with Gasteiger partial charge in [-0.1, -0.05) is 19.9 Å². The molecule has 27 heavy (non-hydrogen) atoms. The molecule has 1 fully saturated rings.